The van der Waals surface area contributed by atoms with E-state index in [2.05, 4.69) is 59.6 Å². The van der Waals surface area contributed by atoms with Crippen LogP contribution in [-0.2, 0) is 5.41 Å². The summed E-state index contributed by atoms with van der Waals surface area (Å²) in [6, 6.07) is 8.05. The number of rotatable bonds is 3. The summed E-state index contributed by atoms with van der Waals surface area (Å²) in [5, 5.41) is 6.93. The fraction of sp³-hybridized carbons (Fsp3) is 0.467. The van der Waals surface area contributed by atoms with Gasteiger partial charge in [0.05, 0.1) is 12.3 Å². The number of hydrogen-bond donors (Lipinski definition) is 4. The summed E-state index contributed by atoms with van der Waals surface area (Å²) in [5.41, 5.74) is 10.7. The average Bonchev–Trinajstić information content (AvgIpc) is 2.42. The lowest BCUT2D eigenvalue weighted by atomic mass is 9.87. The second kappa shape index (κ2) is 6.13. The molecule has 1 aliphatic rings. The van der Waals surface area contributed by atoms with Gasteiger partial charge in [0.2, 0.25) is 0 Å². The highest BCUT2D eigenvalue weighted by molar-refractivity contribution is 5.79. The first-order valence-corrected chi connectivity index (χ1v) is 7.07. The lowest BCUT2D eigenvalue weighted by molar-refractivity contribution is 0.202. The minimum Gasteiger partial charge on any atom is -0.314 e. The fourth-order valence-electron chi connectivity index (χ4n) is 1.97. The van der Waals surface area contributed by atoms with E-state index in [0.29, 0.717) is 0 Å². The number of nitrogens with one attached hydrogen (secondary N) is 4. The van der Waals surface area contributed by atoms with E-state index in [1.165, 1.54) is 5.56 Å². The average molecular weight is 289 g/mol. The van der Waals surface area contributed by atoms with Crippen LogP contribution < -0.4 is 21.6 Å². The Morgan fingerprint density at radius 3 is 2.52 bits per heavy atom. The Morgan fingerprint density at radius 2 is 1.90 bits per heavy atom. The highest BCUT2D eigenvalue weighted by Crippen LogP contribution is 2.21. The maximum atomic E-state index is 11.2. The highest BCUT2D eigenvalue weighted by atomic mass is 16.2. The van der Waals surface area contributed by atoms with Gasteiger partial charge in [0, 0.05) is 0 Å². The zero-order chi connectivity index (χ0) is 15.5. The molecular weight excluding hydrogens is 266 g/mol. The molecule has 0 spiro atoms. The molecule has 1 aliphatic heterocycles. The van der Waals surface area contributed by atoms with E-state index < -0.39 is 0 Å². The smallest absolute Gasteiger partial charge is 0.314 e. The SMILES string of the molecule is CC1NNC(=O)NC1N/N=C/c1ccc(C(C)(C)C)cc1. The minimum absolute atomic E-state index is 0.0307. The fourth-order valence-corrected chi connectivity index (χ4v) is 1.97. The van der Waals surface area contributed by atoms with Crippen LogP contribution in [0.5, 0.6) is 0 Å². The number of benzene rings is 1. The van der Waals surface area contributed by atoms with Gasteiger partial charge in [0.15, 0.2) is 0 Å². The van der Waals surface area contributed by atoms with Crippen molar-refractivity contribution in [3.8, 4) is 0 Å². The molecule has 1 saturated heterocycles. The summed E-state index contributed by atoms with van der Waals surface area (Å²) in [4.78, 5) is 11.2. The number of hydrazone groups is 1. The van der Waals surface area contributed by atoms with Gasteiger partial charge in [0.1, 0.15) is 6.17 Å². The van der Waals surface area contributed by atoms with Crippen molar-refractivity contribution in [2.24, 2.45) is 5.10 Å². The van der Waals surface area contributed by atoms with Crippen LogP contribution in [0.2, 0.25) is 0 Å². The molecule has 2 amide bonds. The normalized spacial score (nSPS) is 22.8. The number of hydrogen-bond acceptors (Lipinski definition) is 4. The van der Waals surface area contributed by atoms with Gasteiger partial charge < -0.3 is 5.32 Å². The summed E-state index contributed by atoms with van der Waals surface area (Å²) >= 11 is 0. The number of carbonyl (C=O) groups excluding carboxylic acids is 1. The van der Waals surface area contributed by atoms with Crippen LogP contribution in [0.3, 0.4) is 0 Å². The van der Waals surface area contributed by atoms with Crippen molar-refractivity contribution >= 4 is 12.2 Å². The van der Waals surface area contributed by atoms with Gasteiger partial charge in [-0.3, -0.25) is 10.9 Å². The molecule has 0 aromatic heterocycles. The van der Waals surface area contributed by atoms with Gasteiger partial charge in [-0.2, -0.15) is 5.10 Å². The monoisotopic (exact) mass is 289 g/mol. The van der Waals surface area contributed by atoms with Crippen LogP contribution in [0.1, 0.15) is 38.8 Å². The summed E-state index contributed by atoms with van der Waals surface area (Å²) in [6.45, 7) is 8.50. The maximum Gasteiger partial charge on any atom is 0.330 e. The van der Waals surface area contributed by atoms with Gasteiger partial charge in [-0.1, -0.05) is 45.0 Å². The minimum atomic E-state index is -0.268. The van der Waals surface area contributed by atoms with E-state index in [4.69, 9.17) is 0 Å². The molecule has 1 aromatic carbocycles. The third kappa shape index (κ3) is 4.19. The zero-order valence-corrected chi connectivity index (χ0v) is 12.9. The molecule has 6 nitrogen and oxygen atoms in total. The largest absolute Gasteiger partial charge is 0.330 e. The molecule has 4 N–H and O–H groups in total. The third-order valence-electron chi connectivity index (χ3n) is 3.40. The molecule has 1 fully saturated rings. The van der Waals surface area contributed by atoms with Gasteiger partial charge in [-0.25, -0.2) is 10.2 Å². The Labute approximate surface area is 125 Å². The van der Waals surface area contributed by atoms with E-state index in [0.717, 1.165) is 5.56 Å². The van der Waals surface area contributed by atoms with Crippen molar-refractivity contribution < 1.29 is 4.79 Å². The first-order valence-electron chi connectivity index (χ1n) is 7.07. The molecule has 1 heterocycles. The molecule has 114 valence electrons. The lowest BCUT2D eigenvalue weighted by Crippen LogP contribution is -2.67. The Balaban J connectivity index is 1.93. The summed E-state index contributed by atoms with van der Waals surface area (Å²) in [5.74, 6) is 0. The van der Waals surface area contributed by atoms with E-state index in [1.54, 1.807) is 6.21 Å². The first kappa shape index (κ1) is 15.3. The van der Waals surface area contributed by atoms with Crippen LogP contribution in [0.4, 0.5) is 4.79 Å². The van der Waals surface area contributed by atoms with Crippen molar-refractivity contribution in [2.45, 2.75) is 45.3 Å². The molecule has 0 bridgehead atoms. The molecule has 21 heavy (non-hydrogen) atoms. The van der Waals surface area contributed by atoms with Crippen LogP contribution in [0.25, 0.3) is 0 Å². The maximum absolute atomic E-state index is 11.2. The van der Waals surface area contributed by atoms with Gasteiger partial charge in [0.25, 0.3) is 0 Å². The number of amides is 2. The zero-order valence-electron chi connectivity index (χ0n) is 12.9. The Hall–Kier alpha value is -2.08. The van der Waals surface area contributed by atoms with Crippen molar-refractivity contribution in [3.63, 3.8) is 0 Å². The van der Waals surface area contributed by atoms with Gasteiger partial charge in [-0.05, 0) is 23.5 Å². The standard InChI is InChI=1S/C15H23N5O/c1-10-13(17-14(21)20-18-10)19-16-9-11-5-7-12(8-6-11)15(2,3)4/h5-10,13,18-19H,1-4H3,(H2,17,20,21)/b16-9+. The molecule has 0 aliphatic carbocycles. The number of urea groups is 1. The predicted octanol–water partition coefficient (Wildman–Crippen LogP) is 1.44. The van der Waals surface area contributed by atoms with Crippen LogP contribution in [-0.4, -0.2) is 24.5 Å². The number of carbonyl (C=O) groups is 1. The van der Waals surface area contributed by atoms with Crippen LogP contribution in [0.15, 0.2) is 29.4 Å². The second-order valence-corrected chi connectivity index (χ2v) is 6.27. The number of hydrazine groups is 1. The molecule has 0 saturated carbocycles. The van der Waals surface area contributed by atoms with Crippen LogP contribution in [0, 0.1) is 0 Å². The molecule has 0 radical (unpaired) electrons. The molecular formula is C15H23N5O. The third-order valence-corrected chi connectivity index (χ3v) is 3.40. The molecule has 2 unspecified atom stereocenters. The summed E-state index contributed by atoms with van der Waals surface area (Å²) in [7, 11) is 0. The highest BCUT2D eigenvalue weighted by Gasteiger charge is 2.23. The molecule has 2 rings (SSSR count). The molecule has 1 aromatic rings. The summed E-state index contributed by atoms with van der Waals surface area (Å²) in [6.07, 6.45) is 1.50. The van der Waals surface area contributed by atoms with Crippen molar-refractivity contribution in [3.05, 3.63) is 35.4 Å². The molecule has 6 heteroatoms. The topological polar surface area (TPSA) is 77.5 Å². The van der Waals surface area contributed by atoms with Crippen molar-refractivity contribution in [1.82, 2.24) is 21.6 Å². The Kier molecular flexibility index (Phi) is 4.47. The Bertz CT molecular complexity index is 518. The summed E-state index contributed by atoms with van der Waals surface area (Å²) < 4.78 is 0. The van der Waals surface area contributed by atoms with Gasteiger partial charge in [-0.15, -0.1) is 0 Å². The van der Waals surface area contributed by atoms with Gasteiger partial charge >= 0.3 is 6.03 Å². The quantitative estimate of drug-likeness (QED) is 0.502. The van der Waals surface area contributed by atoms with Crippen molar-refractivity contribution in [1.29, 1.82) is 0 Å². The van der Waals surface area contributed by atoms with E-state index in [9.17, 15) is 4.79 Å². The van der Waals surface area contributed by atoms with E-state index in [-0.39, 0.29) is 23.7 Å². The predicted molar refractivity (Wildman–Crippen MR) is 83.9 cm³/mol. The van der Waals surface area contributed by atoms with E-state index in [1.807, 2.05) is 19.1 Å². The van der Waals surface area contributed by atoms with Crippen molar-refractivity contribution in [2.75, 3.05) is 0 Å². The molecule has 2 atom stereocenters. The van der Waals surface area contributed by atoms with E-state index >= 15 is 0 Å². The second-order valence-electron chi connectivity index (χ2n) is 6.27. The first-order chi connectivity index (χ1) is 9.86. The van der Waals surface area contributed by atoms with Crippen LogP contribution >= 0.6 is 0 Å². The lowest BCUT2D eigenvalue weighted by Gasteiger charge is -2.30. The number of nitrogens with zero attached hydrogens (tertiary/aromatic N) is 1. The Morgan fingerprint density at radius 1 is 1.24 bits per heavy atom.